The monoisotopic (exact) mass is 263 g/mol. The smallest absolute Gasteiger partial charge is 0.339 e. The third kappa shape index (κ3) is 1.53. The minimum atomic E-state index is -0.991. The van der Waals surface area contributed by atoms with Crippen LogP contribution in [0.4, 0.5) is 0 Å². The predicted molar refractivity (Wildman–Crippen MR) is 67.5 cm³/mol. The van der Waals surface area contributed by atoms with Crippen LogP contribution in [0.15, 0.2) is 18.3 Å². The summed E-state index contributed by atoms with van der Waals surface area (Å²) in [6.45, 7) is 1.90. The number of fused-ring (bicyclic) bond motifs is 3. The van der Waals surface area contributed by atoms with E-state index in [0.29, 0.717) is 17.3 Å². The molecular weight excluding hydrogens is 254 g/mol. The Morgan fingerprint density at radius 2 is 2.39 bits per heavy atom. The van der Waals surface area contributed by atoms with E-state index in [2.05, 4.69) is 4.98 Å². The van der Waals surface area contributed by atoms with Crippen molar-refractivity contribution in [1.29, 1.82) is 0 Å². The molecule has 0 saturated heterocycles. The molecule has 2 heterocycles. The first-order chi connectivity index (χ1) is 8.58. The van der Waals surface area contributed by atoms with Gasteiger partial charge in [-0.25, -0.2) is 9.78 Å². The van der Waals surface area contributed by atoms with Crippen LogP contribution >= 0.6 is 11.6 Å². The van der Waals surface area contributed by atoms with Crippen LogP contribution in [0.1, 0.15) is 22.8 Å². The third-order valence-electron chi connectivity index (χ3n) is 3.10. The summed E-state index contributed by atoms with van der Waals surface area (Å²) in [5, 5.41) is 11.2. The number of halogens is 1. The van der Waals surface area contributed by atoms with Crippen LogP contribution in [0, 0.1) is 0 Å². The van der Waals surface area contributed by atoms with Crippen LogP contribution in [-0.4, -0.2) is 22.2 Å². The summed E-state index contributed by atoms with van der Waals surface area (Å²) in [5.74, 6) is -0.562. The van der Waals surface area contributed by atoms with E-state index >= 15 is 0 Å². The van der Waals surface area contributed by atoms with Gasteiger partial charge in [0.25, 0.3) is 0 Å². The van der Waals surface area contributed by atoms with Gasteiger partial charge < -0.3 is 9.84 Å². The maximum Gasteiger partial charge on any atom is 0.339 e. The van der Waals surface area contributed by atoms with E-state index in [9.17, 15) is 9.90 Å². The van der Waals surface area contributed by atoms with Crippen LogP contribution in [0.5, 0.6) is 5.75 Å². The molecule has 1 N–H and O–H groups in total. The molecule has 0 amide bonds. The first-order valence-electron chi connectivity index (χ1n) is 5.58. The number of nitrogens with zero attached hydrogens (tertiary/aromatic N) is 1. The van der Waals surface area contributed by atoms with Crippen LogP contribution in [0.3, 0.4) is 0 Å². The number of aromatic carboxylic acids is 1. The summed E-state index contributed by atoms with van der Waals surface area (Å²) >= 11 is 6.11. The molecule has 1 aliphatic rings. The highest BCUT2D eigenvalue weighted by molar-refractivity contribution is 6.34. The Kier molecular flexibility index (Phi) is 2.41. The van der Waals surface area contributed by atoms with Gasteiger partial charge in [-0.1, -0.05) is 11.6 Å². The van der Waals surface area contributed by atoms with Crippen LogP contribution < -0.4 is 4.74 Å². The summed E-state index contributed by atoms with van der Waals surface area (Å²) in [6, 6.07) is 3.35. The number of carboxylic acid groups (broad SMARTS) is 1. The van der Waals surface area contributed by atoms with Crippen LogP contribution in [0.25, 0.3) is 10.8 Å². The van der Waals surface area contributed by atoms with Gasteiger partial charge in [-0.2, -0.15) is 0 Å². The molecule has 1 aromatic carbocycles. The molecule has 1 aliphatic heterocycles. The van der Waals surface area contributed by atoms with Crippen molar-refractivity contribution in [3.05, 3.63) is 34.6 Å². The molecule has 0 aliphatic carbocycles. The van der Waals surface area contributed by atoms with Gasteiger partial charge in [-0.05, 0) is 24.4 Å². The maximum absolute atomic E-state index is 11.3. The molecule has 0 bridgehead atoms. The molecule has 0 saturated carbocycles. The Morgan fingerprint density at radius 1 is 1.61 bits per heavy atom. The average Bonchev–Trinajstić information content (AvgIpc) is 2.68. The molecule has 2 aromatic rings. The van der Waals surface area contributed by atoms with Crippen molar-refractivity contribution in [1.82, 2.24) is 4.98 Å². The lowest BCUT2D eigenvalue weighted by molar-refractivity contribution is 0.0692. The second kappa shape index (κ2) is 3.85. The molecule has 0 radical (unpaired) electrons. The van der Waals surface area contributed by atoms with Gasteiger partial charge in [0.1, 0.15) is 22.6 Å². The molecule has 1 aromatic heterocycles. The lowest BCUT2D eigenvalue weighted by Gasteiger charge is -2.09. The van der Waals surface area contributed by atoms with Gasteiger partial charge in [0.05, 0.1) is 0 Å². The minimum Gasteiger partial charge on any atom is -0.489 e. The molecule has 4 nitrogen and oxygen atoms in total. The first kappa shape index (κ1) is 11.3. The van der Waals surface area contributed by atoms with E-state index in [0.717, 1.165) is 16.3 Å². The lowest BCUT2D eigenvalue weighted by Crippen LogP contribution is -2.07. The molecule has 0 spiro atoms. The van der Waals surface area contributed by atoms with Crippen molar-refractivity contribution >= 4 is 28.3 Å². The number of aromatic nitrogens is 1. The molecule has 1 unspecified atom stereocenters. The Labute approximate surface area is 108 Å². The second-order valence-electron chi connectivity index (χ2n) is 4.37. The summed E-state index contributed by atoms with van der Waals surface area (Å²) in [4.78, 5) is 15.3. The van der Waals surface area contributed by atoms with E-state index in [-0.39, 0.29) is 11.7 Å². The number of carbonyl (C=O) groups is 1. The van der Waals surface area contributed by atoms with Gasteiger partial charge in [0, 0.05) is 23.6 Å². The lowest BCUT2D eigenvalue weighted by atomic mass is 9.99. The van der Waals surface area contributed by atoms with Crippen molar-refractivity contribution in [2.45, 2.75) is 19.4 Å². The number of ether oxygens (including phenoxy) is 1. The SMILES string of the molecule is CC1Cc2c(c(C(=O)O)cc3ccnc(Cl)c23)O1. The highest BCUT2D eigenvalue weighted by atomic mass is 35.5. The number of rotatable bonds is 1. The number of hydrogen-bond acceptors (Lipinski definition) is 3. The molecule has 1 atom stereocenters. The molecule has 92 valence electrons. The van der Waals surface area contributed by atoms with Crippen LogP contribution in [0.2, 0.25) is 5.15 Å². The topological polar surface area (TPSA) is 59.4 Å². The Balaban J connectivity index is 2.43. The molecular formula is C13H10ClNO3. The Bertz CT molecular complexity index is 669. The van der Waals surface area contributed by atoms with Crippen molar-refractivity contribution in [2.75, 3.05) is 0 Å². The van der Waals surface area contributed by atoms with E-state index < -0.39 is 5.97 Å². The zero-order valence-electron chi connectivity index (χ0n) is 9.61. The second-order valence-corrected chi connectivity index (χ2v) is 4.73. The van der Waals surface area contributed by atoms with Crippen molar-refractivity contribution in [3.63, 3.8) is 0 Å². The maximum atomic E-state index is 11.3. The number of hydrogen-bond donors (Lipinski definition) is 1. The largest absolute Gasteiger partial charge is 0.489 e. The summed E-state index contributed by atoms with van der Waals surface area (Å²) < 4.78 is 5.60. The van der Waals surface area contributed by atoms with E-state index in [1.807, 2.05) is 6.92 Å². The van der Waals surface area contributed by atoms with Crippen molar-refractivity contribution in [2.24, 2.45) is 0 Å². The highest BCUT2D eigenvalue weighted by Crippen LogP contribution is 2.40. The Morgan fingerprint density at radius 3 is 3.11 bits per heavy atom. The third-order valence-corrected chi connectivity index (χ3v) is 3.38. The molecule has 5 heteroatoms. The molecule has 0 fully saturated rings. The van der Waals surface area contributed by atoms with Crippen molar-refractivity contribution < 1.29 is 14.6 Å². The quantitative estimate of drug-likeness (QED) is 0.804. The zero-order chi connectivity index (χ0) is 12.9. The summed E-state index contributed by atoms with van der Waals surface area (Å²) in [5.41, 5.74) is 1.03. The first-order valence-corrected chi connectivity index (χ1v) is 5.95. The predicted octanol–water partition coefficient (Wildman–Crippen LogP) is 2.91. The van der Waals surface area contributed by atoms with Gasteiger partial charge in [0.2, 0.25) is 0 Å². The normalized spacial score (nSPS) is 17.6. The van der Waals surface area contributed by atoms with E-state index in [1.54, 1.807) is 18.3 Å². The summed E-state index contributed by atoms with van der Waals surface area (Å²) in [7, 11) is 0. The zero-order valence-corrected chi connectivity index (χ0v) is 10.4. The fraction of sp³-hybridized carbons (Fsp3) is 0.231. The fourth-order valence-electron chi connectivity index (χ4n) is 2.38. The number of pyridine rings is 1. The van der Waals surface area contributed by atoms with Crippen LogP contribution in [-0.2, 0) is 6.42 Å². The fourth-order valence-corrected chi connectivity index (χ4v) is 2.66. The molecule has 18 heavy (non-hydrogen) atoms. The number of benzene rings is 1. The minimum absolute atomic E-state index is 0.0417. The number of carboxylic acids is 1. The standard InChI is InChI=1S/C13H10ClNO3/c1-6-4-8-10-7(2-3-15-12(10)14)5-9(13(16)17)11(8)18-6/h2-3,5-6H,4H2,1H3,(H,16,17). The van der Waals surface area contributed by atoms with E-state index in [1.165, 1.54) is 0 Å². The Hall–Kier alpha value is -1.81. The van der Waals surface area contributed by atoms with Gasteiger partial charge in [-0.15, -0.1) is 0 Å². The highest BCUT2D eigenvalue weighted by Gasteiger charge is 2.28. The summed E-state index contributed by atoms with van der Waals surface area (Å²) in [6.07, 6.45) is 2.18. The van der Waals surface area contributed by atoms with E-state index in [4.69, 9.17) is 16.3 Å². The average molecular weight is 264 g/mol. The van der Waals surface area contributed by atoms with Gasteiger partial charge in [-0.3, -0.25) is 0 Å². The van der Waals surface area contributed by atoms with Gasteiger partial charge in [0.15, 0.2) is 0 Å². The molecule has 3 rings (SSSR count). The van der Waals surface area contributed by atoms with Gasteiger partial charge >= 0.3 is 5.97 Å². The van der Waals surface area contributed by atoms with Crippen molar-refractivity contribution in [3.8, 4) is 5.75 Å².